The van der Waals surface area contributed by atoms with Crippen LogP contribution in [0.1, 0.15) is 38.6 Å². The van der Waals surface area contributed by atoms with Crippen LogP contribution in [0.25, 0.3) is 0 Å². The zero-order chi connectivity index (χ0) is 15.3. The molecule has 1 rings (SSSR count). The van der Waals surface area contributed by atoms with E-state index >= 15 is 0 Å². The molecule has 0 aliphatic heterocycles. The first kappa shape index (κ1) is 16.5. The van der Waals surface area contributed by atoms with E-state index in [1.807, 2.05) is 27.7 Å². The first-order valence-electron chi connectivity index (χ1n) is 6.66. The molecule has 0 bridgehead atoms. The summed E-state index contributed by atoms with van der Waals surface area (Å²) in [5.41, 5.74) is 0. The van der Waals surface area contributed by atoms with E-state index in [4.69, 9.17) is 0 Å². The number of rotatable bonds is 6. The summed E-state index contributed by atoms with van der Waals surface area (Å²) in [6, 6.07) is 2.18. The Morgan fingerprint density at radius 2 is 2.00 bits per heavy atom. The van der Waals surface area contributed by atoms with Crippen LogP contribution in [-0.4, -0.2) is 34.6 Å². The lowest BCUT2D eigenvalue weighted by atomic mass is 10.2. The van der Waals surface area contributed by atoms with Crippen molar-refractivity contribution in [1.82, 2.24) is 10.2 Å². The number of amides is 2. The fourth-order valence-electron chi connectivity index (χ4n) is 1.84. The Kier molecular flexibility index (Phi) is 6.01. The second-order valence-corrected chi connectivity index (χ2v) is 6.36. The van der Waals surface area contributed by atoms with E-state index in [1.165, 1.54) is 11.3 Å². The molecule has 2 N–H and O–H groups in total. The van der Waals surface area contributed by atoms with E-state index in [-0.39, 0.29) is 12.1 Å². The second kappa shape index (κ2) is 7.28. The Bertz CT molecular complexity index is 443. The largest absolute Gasteiger partial charge is 0.479 e. The highest BCUT2D eigenvalue weighted by Crippen LogP contribution is 2.20. The van der Waals surface area contributed by atoms with Crippen LogP contribution in [0.4, 0.5) is 4.79 Å². The number of urea groups is 1. The summed E-state index contributed by atoms with van der Waals surface area (Å²) in [4.78, 5) is 25.9. The van der Waals surface area contributed by atoms with Crippen LogP contribution >= 0.6 is 11.3 Å². The van der Waals surface area contributed by atoms with Crippen molar-refractivity contribution in [3.05, 3.63) is 22.4 Å². The second-order valence-electron chi connectivity index (χ2n) is 5.38. The molecule has 112 valence electrons. The van der Waals surface area contributed by atoms with E-state index in [0.717, 1.165) is 0 Å². The summed E-state index contributed by atoms with van der Waals surface area (Å²) in [6.07, 6.45) is 0. The highest BCUT2D eigenvalue weighted by atomic mass is 32.1. The van der Waals surface area contributed by atoms with Crippen LogP contribution in [-0.2, 0) is 4.79 Å². The Morgan fingerprint density at radius 1 is 1.35 bits per heavy atom. The van der Waals surface area contributed by atoms with Gasteiger partial charge in [0, 0.05) is 17.5 Å². The lowest BCUT2D eigenvalue weighted by Crippen LogP contribution is -2.48. The van der Waals surface area contributed by atoms with Gasteiger partial charge < -0.3 is 15.3 Å². The van der Waals surface area contributed by atoms with E-state index in [1.54, 1.807) is 22.4 Å². The number of aliphatic carboxylic acids is 1. The van der Waals surface area contributed by atoms with Crippen molar-refractivity contribution < 1.29 is 14.7 Å². The molecule has 0 fully saturated rings. The average molecular weight is 298 g/mol. The number of nitrogens with one attached hydrogen (secondary N) is 1. The number of hydrogen-bond acceptors (Lipinski definition) is 3. The monoisotopic (exact) mass is 298 g/mol. The third kappa shape index (κ3) is 4.52. The highest BCUT2D eigenvalue weighted by Gasteiger charge is 2.26. The van der Waals surface area contributed by atoms with Crippen LogP contribution in [0, 0.1) is 5.92 Å². The lowest BCUT2D eigenvalue weighted by molar-refractivity contribution is -0.139. The van der Waals surface area contributed by atoms with Crippen LogP contribution < -0.4 is 5.32 Å². The first-order chi connectivity index (χ1) is 9.32. The fraction of sp³-hybridized carbons (Fsp3) is 0.571. The third-order valence-corrected chi connectivity index (χ3v) is 3.73. The minimum Gasteiger partial charge on any atom is -0.479 e. The third-order valence-electron chi connectivity index (χ3n) is 2.79. The number of nitrogens with zero attached hydrogens (tertiary/aromatic N) is 1. The molecule has 0 saturated carbocycles. The molecular formula is C14H22N2O3S. The zero-order valence-electron chi connectivity index (χ0n) is 12.3. The van der Waals surface area contributed by atoms with Crippen molar-refractivity contribution in [2.45, 2.75) is 39.8 Å². The molecule has 0 spiro atoms. The molecule has 1 heterocycles. The molecule has 0 aliphatic rings. The molecule has 0 saturated heterocycles. The fourth-order valence-corrected chi connectivity index (χ4v) is 2.61. The SMILES string of the molecule is CC(C)CN(C(=O)NC(C(=O)O)c1cccs1)C(C)C. The van der Waals surface area contributed by atoms with E-state index in [0.29, 0.717) is 17.3 Å². The van der Waals surface area contributed by atoms with E-state index in [9.17, 15) is 14.7 Å². The topological polar surface area (TPSA) is 69.6 Å². The smallest absolute Gasteiger partial charge is 0.331 e. The minimum absolute atomic E-state index is 0.0233. The van der Waals surface area contributed by atoms with Gasteiger partial charge in [-0.15, -0.1) is 11.3 Å². The maximum Gasteiger partial charge on any atom is 0.331 e. The Balaban J connectivity index is 2.81. The summed E-state index contributed by atoms with van der Waals surface area (Å²) < 4.78 is 0. The standard InChI is InChI=1S/C14H22N2O3S/c1-9(2)8-16(10(3)4)14(19)15-12(13(17)18)11-6-5-7-20-11/h5-7,9-10,12H,8H2,1-4H3,(H,15,19)(H,17,18). The maximum absolute atomic E-state index is 12.3. The van der Waals surface area contributed by atoms with Gasteiger partial charge in [-0.05, 0) is 31.2 Å². The zero-order valence-corrected chi connectivity index (χ0v) is 13.1. The summed E-state index contributed by atoms with van der Waals surface area (Å²) in [6.45, 7) is 8.49. The molecule has 1 aromatic heterocycles. The Morgan fingerprint density at radius 3 is 2.40 bits per heavy atom. The summed E-state index contributed by atoms with van der Waals surface area (Å²) in [5.74, 6) is -0.720. The summed E-state index contributed by atoms with van der Waals surface area (Å²) >= 11 is 1.32. The van der Waals surface area contributed by atoms with Gasteiger partial charge in [0.25, 0.3) is 0 Å². The number of thiophene rings is 1. The van der Waals surface area contributed by atoms with Gasteiger partial charge in [0.05, 0.1) is 0 Å². The van der Waals surface area contributed by atoms with Crippen molar-refractivity contribution in [3.63, 3.8) is 0 Å². The van der Waals surface area contributed by atoms with Gasteiger partial charge in [-0.1, -0.05) is 19.9 Å². The first-order valence-corrected chi connectivity index (χ1v) is 7.54. The molecule has 5 nitrogen and oxygen atoms in total. The van der Waals surface area contributed by atoms with Gasteiger partial charge in [-0.2, -0.15) is 0 Å². The van der Waals surface area contributed by atoms with Gasteiger partial charge in [0.2, 0.25) is 0 Å². The number of hydrogen-bond donors (Lipinski definition) is 2. The quantitative estimate of drug-likeness (QED) is 0.848. The normalized spacial score (nSPS) is 12.5. The lowest BCUT2D eigenvalue weighted by Gasteiger charge is -2.29. The summed E-state index contributed by atoms with van der Waals surface area (Å²) in [7, 11) is 0. The van der Waals surface area contributed by atoms with Crippen LogP contribution in [0.15, 0.2) is 17.5 Å². The van der Waals surface area contributed by atoms with Gasteiger partial charge in [0.15, 0.2) is 6.04 Å². The average Bonchev–Trinajstić information content (AvgIpc) is 2.85. The van der Waals surface area contributed by atoms with Gasteiger partial charge in [-0.3, -0.25) is 0 Å². The van der Waals surface area contributed by atoms with Crippen molar-refractivity contribution in [1.29, 1.82) is 0 Å². The summed E-state index contributed by atoms with van der Waals surface area (Å²) in [5, 5.41) is 13.7. The molecule has 6 heteroatoms. The van der Waals surface area contributed by atoms with Crippen LogP contribution in [0.2, 0.25) is 0 Å². The number of carboxylic acids is 1. The van der Waals surface area contributed by atoms with Crippen molar-refractivity contribution in [2.75, 3.05) is 6.54 Å². The van der Waals surface area contributed by atoms with Crippen LogP contribution in [0.3, 0.4) is 0 Å². The predicted molar refractivity (Wildman–Crippen MR) is 79.9 cm³/mol. The molecular weight excluding hydrogens is 276 g/mol. The molecule has 0 aromatic carbocycles. The van der Waals surface area contributed by atoms with Gasteiger partial charge in [0.1, 0.15) is 0 Å². The Labute approximate surface area is 123 Å². The maximum atomic E-state index is 12.3. The Hall–Kier alpha value is -1.56. The number of carbonyl (C=O) groups is 2. The van der Waals surface area contributed by atoms with Crippen molar-refractivity contribution in [2.24, 2.45) is 5.92 Å². The molecule has 1 atom stereocenters. The minimum atomic E-state index is -1.05. The molecule has 1 aromatic rings. The van der Waals surface area contributed by atoms with Crippen molar-refractivity contribution in [3.8, 4) is 0 Å². The predicted octanol–water partition coefficient (Wildman–Crippen LogP) is 2.95. The number of carboxylic acid groups (broad SMARTS) is 1. The molecule has 2 amide bonds. The van der Waals surface area contributed by atoms with E-state index < -0.39 is 12.0 Å². The highest BCUT2D eigenvalue weighted by molar-refractivity contribution is 7.10. The molecule has 20 heavy (non-hydrogen) atoms. The van der Waals surface area contributed by atoms with Gasteiger partial charge >= 0.3 is 12.0 Å². The van der Waals surface area contributed by atoms with Gasteiger partial charge in [-0.25, -0.2) is 9.59 Å². The van der Waals surface area contributed by atoms with Crippen LogP contribution in [0.5, 0.6) is 0 Å². The number of carbonyl (C=O) groups excluding carboxylic acids is 1. The van der Waals surface area contributed by atoms with E-state index in [2.05, 4.69) is 5.32 Å². The molecule has 0 aliphatic carbocycles. The molecule has 1 unspecified atom stereocenters. The van der Waals surface area contributed by atoms with Crippen molar-refractivity contribution >= 4 is 23.3 Å². The molecule has 0 radical (unpaired) electrons.